The molecule has 0 unspecified atom stereocenters. The summed E-state index contributed by atoms with van der Waals surface area (Å²) in [5.74, 6) is 0.144. The lowest BCUT2D eigenvalue weighted by Gasteiger charge is -2.35. The van der Waals surface area contributed by atoms with Gasteiger partial charge in [0, 0.05) is 38.3 Å². The summed E-state index contributed by atoms with van der Waals surface area (Å²) < 4.78 is 27.8. The van der Waals surface area contributed by atoms with Crippen LogP contribution in [0, 0.1) is 0 Å². The monoisotopic (exact) mass is 408 g/mol. The van der Waals surface area contributed by atoms with E-state index in [2.05, 4.69) is 4.90 Å². The van der Waals surface area contributed by atoms with Crippen LogP contribution in [0.2, 0.25) is 0 Å². The number of benzene rings is 3. The third-order valence-electron chi connectivity index (χ3n) is 5.35. The fourth-order valence-electron chi connectivity index (χ4n) is 3.78. The number of carbonyl (C=O) groups is 1. The Morgan fingerprint density at radius 1 is 0.862 bits per heavy atom. The predicted molar refractivity (Wildman–Crippen MR) is 116 cm³/mol. The summed E-state index contributed by atoms with van der Waals surface area (Å²) >= 11 is 0. The molecule has 29 heavy (non-hydrogen) atoms. The van der Waals surface area contributed by atoms with Gasteiger partial charge in [-0.3, -0.25) is 4.79 Å². The van der Waals surface area contributed by atoms with E-state index in [0.29, 0.717) is 37.5 Å². The first-order chi connectivity index (χ1) is 13.9. The lowest BCUT2D eigenvalue weighted by atomic mass is 10.1. The Morgan fingerprint density at radius 3 is 2.17 bits per heavy atom. The van der Waals surface area contributed by atoms with E-state index in [4.69, 9.17) is 0 Å². The fraction of sp³-hybridized carbons (Fsp3) is 0.261. The third kappa shape index (κ3) is 4.18. The molecule has 1 fully saturated rings. The molecule has 0 aromatic heterocycles. The van der Waals surface area contributed by atoms with E-state index < -0.39 is 10.0 Å². The summed E-state index contributed by atoms with van der Waals surface area (Å²) in [5, 5.41) is 1.96. The Kier molecular flexibility index (Phi) is 5.39. The summed E-state index contributed by atoms with van der Waals surface area (Å²) in [6, 6.07) is 21.0. The number of sulfonamides is 1. The number of piperazine rings is 1. The molecule has 4 rings (SSSR count). The molecular weight excluding hydrogens is 384 g/mol. The topological polar surface area (TPSA) is 57.7 Å². The number of fused-ring (bicyclic) bond motifs is 1. The van der Waals surface area contributed by atoms with Crippen molar-refractivity contribution < 1.29 is 13.2 Å². The van der Waals surface area contributed by atoms with Crippen LogP contribution in [-0.2, 0) is 21.2 Å². The number of anilines is 1. The minimum atomic E-state index is -3.51. The van der Waals surface area contributed by atoms with Gasteiger partial charge < -0.3 is 4.90 Å². The molecule has 0 aliphatic carbocycles. The van der Waals surface area contributed by atoms with Gasteiger partial charge in [-0.15, -0.1) is 0 Å². The van der Waals surface area contributed by atoms with E-state index >= 15 is 0 Å². The first kappa shape index (κ1) is 19.6. The molecule has 1 saturated heterocycles. The Balaban J connectivity index is 1.46. The van der Waals surface area contributed by atoms with Crippen molar-refractivity contribution in [2.75, 3.05) is 31.1 Å². The fourth-order valence-corrected chi connectivity index (χ4v) is 5.23. The van der Waals surface area contributed by atoms with Crippen LogP contribution in [0.15, 0.2) is 71.6 Å². The summed E-state index contributed by atoms with van der Waals surface area (Å²) in [5.41, 5.74) is 2.05. The maximum atomic E-state index is 13.1. The highest BCUT2D eigenvalue weighted by Gasteiger charge is 2.28. The van der Waals surface area contributed by atoms with Gasteiger partial charge in [-0.1, -0.05) is 42.5 Å². The van der Waals surface area contributed by atoms with Crippen LogP contribution < -0.4 is 4.90 Å². The Hall–Kier alpha value is -2.70. The average Bonchev–Trinajstić information content (AvgIpc) is 2.73. The van der Waals surface area contributed by atoms with Gasteiger partial charge in [0.05, 0.1) is 4.90 Å². The van der Waals surface area contributed by atoms with Crippen molar-refractivity contribution in [3.05, 3.63) is 72.3 Å². The van der Waals surface area contributed by atoms with E-state index in [1.165, 1.54) is 0 Å². The van der Waals surface area contributed by atoms with Crippen molar-refractivity contribution in [1.29, 1.82) is 0 Å². The molecule has 0 N–H and O–H groups in total. The number of hydrogen-bond acceptors (Lipinski definition) is 4. The van der Waals surface area contributed by atoms with Gasteiger partial charge in [0.1, 0.15) is 5.78 Å². The normalized spacial score (nSPS) is 15.6. The second kappa shape index (κ2) is 7.97. The minimum absolute atomic E-state index is 0.144. The summed E-state index contributed by atoms with van der Waals surface area (Å²) in [6.07, 6.45) is 0.443. The van der Waals surface area contributed by atoms with Gasteiger partial charge in [-0.2, -0.15) is 4.31 Å². The van der Waals surface area contributed by atoms with Crippen molar-refractivity contribution in [3.63, 3.8) is 0 Å². The smallest absolute Gasteiger partial charge is 0.243 e. The van der Waals surface area contributed by atoms with E-state index in [9.17, 15) is 13.2 Å². The summed E-state index contributed by atoms with van der Waals surface area (Å²) in [4.78, 5) is 13.8. The van der Waals surface area contributed by atoms with Crippen LogP contribution in [-0.4, -0.2) is 44.7 Å². The van der Waals surface area contributed by atoms with Gasteiger partial charge in [-0.05, 0) is 47.5 Å². The molecule has 5 nitrogen and oxygen atoms in total. The van der Waals surface area contributed by atoms with Crippen molar-refractivity contribution in [1.82, 2.24) is 4.31 Å². The molecule has 1 heterocycles. The maximum Gasteiger partial charge on any atom is 0.243 e. The summed E-state index contributed by atoms with van der Waals surface area (Å²) in [7, 11) is -3.51. The number of hydrogen-bond donors (Lipinski definition) is 0. The Morgan fingerprint density at radius 2 is 1.52 bits per heavy atom. The maximum absolute atomic E-state index is 13.1. The SMILES string of the molecule is CC(=O)Cc1ccc(N2CCN(S(=O)(=O)c3ccc4ccccc4c3)CC2)cc1. The van der Waals surface area contributed by atoms with Gasteiger partial charge in [0.15, 0.2) is 0 Å². The van der Waals surface area contributed by atoms with Crippen molar-refractivity contribution >= 4 is 32.3 Å². The summed E-state index contributed by atoms with van der Waals surface area (Å²) in [6.45, 7) is 3.76. The lowest BCUT2D eigenvalue weighted by Crippen LogP contribution is -2.48. The standard InChI is InChI=1S/C23H24N2O3S/c1-18(26)16-19-6-9-22(10-7-19)24-12-14-25(15-13-24)29(27,28)23-11-8-20-4-2-3-5-21(20)17-23/h2-11,17H,12-16H2,1H3. The minimum Gasteiger partial charge on any atom is -0.369 e. The zero-order chi connectivity index (χ0) is 20.4. The third-order valence-corrected chi connectivity index (χ3v) is 7.25. The Labute approximate surface area is 171 Å². The van der Waals surface area contributed by atoms with Crippen LogP contribution in [0.4, 0.5) is 5.69 Å². The second-order valence-corrected chi connectivity index (χ2v) is 9.38. The quantitative estimate of drug-likeness (QED) is 0.649. The Bertz CT molecular complexity index is 1130. The van der Waals surface area contributed by atoms with E-state index in [0.717, 1.165) is 22.0 Å². The molecule has 0 amide bonds. The number of carbonyl (C=O) groups excluding carboxylic acids is 1. The number of ketones is 1. The molecular formula is C23H24N2O3S. The van der Waals surface area contributed by atoms with Crippen LogP contribution in [0.3, 0.4) is 0 Å². The molecule has 1 aliphatic heterocycles. The first-order valence-corrected chi connectivity index (χ1v) is 11.2. The van der Waals surface area contributed by atoms with Gasteiger partial charge in [-0.25, -0.2) is 8.42 Å². The van der Waals surface area contributed by atoms with Gasteiger partial charge in [0.25, 0.3) is 0 Å². The molecule has 150 valence electrons. The van der Waals surface area contributed by atoms with E-state index in [1.807, 2.05) is 54.6 Å². The molecule has 1 aliphatic rings. The second-order valence-electron chi connectivity index (χ2n) is 7.45. The van der Waals surface area contributed by atoms with E-state index in [1.54, 1.807) is 23.4 Å². The molecule has 0 atom stereocenters. The number of Topliss-reactive ketones (excluding diaryl/α,β-unsaturated/α-hetero) is 1. The predicted octanol–water partition coefficient (Wildman–Crippen LogP) is 3.48. The zero-order valence-corrected chi connectivity index (χ0v) is 17.2. The van der Waals surface area contributed by atoms with Crippen molar-refractivity contribution in [3.8, 4) is 0 Å². The van der Waals surface area contributed by atoms with Crippen LogP contribution in [0.5, 0.6) is 0 Å². The van der Waals surface area contributed by atoms with Crippen LogP contribution in [0.1, 0.15) is 12.5 Å². The highest BCUT2D eigenvalue weighted by atomic mass is 32.2. The van der Waals surface area contributed by atoms with Gasteiger partial charge >= 0.3 is 0 Å². The lowest BCUT2D eigenvalue weighted by molar-refractivity contribution is -0.116. The number of rotatable bonds is 5. The number of nitrogens with zero attached hydrogens (tertiary/aromatic N) is 2. The molecule has 0 spiro atoms. The average molecular weight is 409 g/mol. The van der Waals surface area contributed by atoms with Crippen LogP contribution in [0.25, 0.3) is 10.8 Å². The van der Waals surface area contributed by atoms with Crippen LogP contribution >= 0.6 is 0 Å². The molecule has 3 aromatic carbocycles. The molecule has 3 aromatic rings. The molecule has 0 saturated carbocycles. The zero-order valence-electron chi connectivity index (χ0n) is 16.4. The van der Waals surface area contributed by atoms with E-state index in [-0.39, 0.29) is 5.78 Å². The first-order valence-electron chi connectivity index (χ1n) is 9.76. The largest absolute Gasteiger partial charge is 0.369 e. The molecule has 0 bridgehead atoms. The van der Waals surface area contributed by atoms with Crippen molar-refractivity contribution in [2.24, 2.45) is 0 Å². The molecule has 0 radical (unpaired) electrons. The highest BCUT2D eigenvalue weighted by Crippen LogP contribution is 2.24. The molecule has 6 heteroatoms. The highest BCUT2D eigenvalue weighted by molar-refractivity contribution is 7.89. The van der Waals surface area contributed by atoms with Gasteiger partial charge in [0.2, 0.25) is 10.0 Å². The van der Waals surface area contributed by atoms with Crippen molar-refractivity contribution in [2.45, 2.75) is 18.2 Å².